The first kappa shape index (κ1) is 12.8. The normalized spacial score (nSPS) is 22.9. The Bertz CT molecular complexity index is 433. The molecule has 0 saturated carbocycles. The van der Waals surface area contributed by atoms with Gasteiger partial charge in [0.05, 0.1) is 6.61 Å². The van der Waals surface area contributed by atoms with Crippen LogP contribution in [0.1, 0.15) is 25.3 Å². The van der Waals surface area contributed by atoms with E-state index in [2.05, 4.69) is 35.3 Å². The summed E-state index contributed by atoms with van der Waals surface area (Å²) in [5, 5.41) is 3.41. The molecule has 1 aromatic rings. The van der Waals surface area contributed by atoms with Gasteiger partial charge < -0.3 is 15.0 Å². The maximum absolute atomic E-state index is 6.11. The predicted molar refractivity (Wildman–Crippen MR) is 79.0 cm³/mol. The second-order valence-electron chi connectivity index (χ2n) is 5.67. The summed E-state index contributed by atoms with van der Waals surface area (Å²) in [5.74, 6) is 1.79. The molecule has 3 nitrogen and oxygen atoms in total. The molecule has 0 spiro atoms. The Balaban J connectivity index is 1.59. The highest BCUT2D eigenvalue weighted by Crippen LogP contribution is 2.31. The molecule has 0 bridgehead atoms. The van der Waals surface area contributed by atoms with Crippen molar-refractivity contribution in [1.29, 1.82) is 0 Å². The predicted octanol–water partition coefficient (Wildman–Crippen LogP) is 2.77. The van der Waals surface area contributed by atoms with Crippen LogP contribution in [0.15, 0.2) is 18.2 Å². The van der Waals surface area contributed by atoms with Crippen LogP contribution in [0.4, 0.5) is 5.69 Å². The Morgan fingerprint density at radius 1 is 1.42 bits per heavy atom. The summed E-state index contributed by atoms with van der Waals surface area (Å²) in [7, 11) is 0. The number of hydrogen-bond donors (Lipinski definition) is 1. The minimum Gasteiger partial charge on any atom is -0.493 e. The summed E-state index contributed by atoms with van der Waals surface area (Å²) in [5.41, 5.74) is 2.63. The molecular weight excluding hydrogens is 236 g/mol. The molecule has 1 aromatic carbocycles. The highest BCUT2D eigenvalue weighted by atomic mass is 16.5. The smallest absolute Gasteiger partial charge is 0.124 e. The molecule has 0 radical (unpaired) electrons. The van der Waals surface area contributed by atoms with Crippen molar-refractivity contribution in [3.63, 3.8) is 0 Å². The number of benzene rings is 1. The van der Waals surface area contributed by atoms with Crippen molar-refractivity contribution in [1.82, 2.24) is 4.90 Å². The lowest BCUT2D eigenvalue weighted by Gasteiger charge is -2.31. The average Bonchev–Trinajstić information content (AvgIpc) is 2.94. The molecule has 1 unspecified atom stereocenters. The van der Waals surface area contributed by atoms with Gasteiger partial charge in [0.25, 0.3) is 0 Å². The van der Waals surface area contributed by atoms with E-state index < -0.39 is 0 Å². The van der Waals surface area contributed by atoms with Gasteiger partial charge in [0.15, 0.2) is 0 Å². The number of likely N-dealkylation sites (tertiary alicyclic amines) is 1. The molecule has 1 saturated heterocycles. The number of nitrogens with one attached hydrogen (secondary N) is 1. The average molecular weight is 260 g/mol. The molecule has 0 aliphatic carbocycles. The number of nitrogens with zero attached hydrogens (tertiary/aromatic N) is 1. The van der Waals surface area contributed by atoms with Gasteiger partial charge in [-0.2, -0.15) is 0 Å². The van der Waals surface area contributed by atoms with E-state index in [1.54, 1.807) is 0 Å². The zero-order valence-electron chi connectivity index (χ0n) is 11.8. The van der Waals surface area contributed by atoms with E-state index >= 15 is 0 Å². The molecule has 3 heteroatoms. The molecule has 1 N–H and O–H groups in total. The van der Waals surface area contributed by atoms with Crippen LogP contribution in [-0.4, -0.2) is 37.7 Å². The van der Waals surface area contributed by atoms with Gasteiger partial charge >= 0.3 is 0 Å². The minimum atomic E-state index is 0.693. The molecule has 2 aliphatic heterocycles. The minimum absolute atomic E-state index is 0.693. The standard InChI is InChI=1S/C16H24N2O/c1-2-18-10-4-5-13(11-18)12-19-16-7-3-6-15-14(16)8-9-17-15/h3,6-7,13,17H,2,4-5,8-12H2,1H3. The zero-order valence-corrected chi connectivity index (χ0v) is 11.8. The molecular formula is C16H24N2O. The first-order valence-corrected chi connectivity index (χ1v) is 7.57. The van der Waals surface area contributed by atoms with Crippen LogP contribution in [0.3, 0.4) is 0 Å². The van der Waals surface area contributed by atoms with E-state index in [4.69, 9.17) is 4.74 Å². The number of hydrogen-bond acceptors (Lipinski definition) is 3. The maximum Gasteiger partial charge on any atom is 0.124 e. The number of piperidine rings is 1. The molecule has 1 atom stereocenters. The lowest BCUT2D eigenvalue weighted by atomic mass is 9.99. The van der Waals surface area contributed by atoms with Crippen LogP contribution in [-0.2, 0) is 6.42 Å². The summed E-state index contributed by atoms with van der Waals surface area (Å²) >= 11 is 0. The van der Waals surface area contributed by atoms with E-state index in [1.807, 2.05) is 0 Å². The summed E-state index contributed by atoms with van der Waals surface area (Å²) in [6.45, 7) is 7.79. The fourth-order valence-corrected chi connectivity index (χ4v) is 3.23. The van der Waals surface area contributed by atoms with Gasteiger partial charge in [0.1, 0.15) is 5.75 Å². The number of anilines is 1. The van der Waals surface area contributed by atoms with E-state index in [0.29, 0.717) is 5.92 Å². The first-order chi connectivity index (χ1) is 9.36. The van der Waals surface area contributed by atoms with Crippen LogP contribution in [0.2, 0.25) is 0 Å². The highest BCUT2D eigenvalue weighted by Gasteiger charge is 2.20. The summed E-state index contributed by atoms with van der Waals surface area (Å²) < 4.78 is 6.11. The molecule has 3 rings (SSSR count). The van der Waals surface area contributed by atoms with Gasteiger partial charge in [0, 0.05) is 30.3 Å². The van der Waals surface area contributed by atoms with Crippen molar-refractivity contribution in [2.75, 3.05) is 38.1 Å². The molecule has 1 fully saturated rings. The van der Waals surface area contributed by atoms with Crippen molar-refractivity contribution in [3.8, 4) is 5.75 Å². The summed E-state index contributed by atoms with van der Waals surface area (Å²) in [4.78, 5) is 2.54. The molecule has 2 heterocycles. The highest BCUT2D eigenvalue weighted by molar-refractivity contribution is 5.61. The van der Waals surface area contributed by atoms with Crippen molar-refractivity contribution < 1.29 is 4.74 Å². The van der Waals surface area contributed by atoms with Crippen molar-refractivity contribution >= 4 is 5.69 Å². The maximum atomic E-state index is 6.11. The second kappa shape index (κ2) is 5.83. The van der Waals surface area contributed by atoms with Crippen molar-refractivity contribution in [3.05, 3.63) is 23.8 Å². The Hall–Kier alpha value is -1.22. The number of rotatable bonds is 4. The Kier molecular flexibility index (Phi) is 3.92. The third-order valence-electron chi connectivity index (χ3n) is 4.35. The van der Waals surface area contributed by atoms with Gasteiger partial charge in [0.2, 0.25) is 0 Å². The molecule has 2 aliphatic rings. The number of fused-ring (bicyclic) bond motifs is 1. The molecule has 19 heavy (non-hydrogen) atoms. The van der Waals surface area contributed by atoms with Gasteiger partial charge in [-0.05, 0) is 44.5 Å². The van der Waals surface area contributed by atoms with Gasteiger partial charge in [-0.3, -0.25) is 0 Å². The van der Waals surface area contributed by atoms with Gasteiger partial charge in [-0.15, -0.1) is 0 Å². The van der Waals surface area contributed by atoms with Crippen LogP contribution < -0.4 is 10.1 Å². The third-order valence-corrected chi connectivity index (χ3v) is 4.35. The van der Waals surface area contributed by atoms with E-state index in [1.165, 1.54) is 43.7 Å². The number of ether oxygens (including phenoxy) is 1. The van der Waals surface area contributed by atoms with E-state index in [0.717, 1.165) is 25.3 Å². The fourth-order valence-electron chi connectivity index (χ4n) is 3.23. The van der Waals surface area contributed by atoms with Crippen LogP contribution in [0, 0.1) is 5.92 Å². The lowest BCUT2D eigenvalue weighted by molar-refractivity contribution is 0.134. The first-order valence-electron chi connectivity index (χ1n) is 7.57. The molecule has 0 aromatic heterocycles. The third kappa shape index (κ3) is 2.86. The lowest BCUT2D eigenvalue weighted by Crippen LogP contribution is -2.37. The topological polar surface area (TPSA) is 24.5 Å². The van der Waals surface area contributed by atoms with Crippen LogP contribution in [0.5, 0.6) is 5.75 Å². The zero-order chi connectivity index (χ0) is 13.1. The Morgan fingerprint density at radius 2 is 2.37 bits per heavy atom. The van der Waals surface area contributed by atoms with E-state index in [9.17, 15) is 0 Å². The Labute approximate surface area is 115 Å². The largest absolute Gasteiger partial charge is 0.493 e. The fraction of sp³-hybridized carbons (Fsp3) is 0.625. The Morgan fingerprint density at radius 3 is 3.26 bits per heavy atom. The monoisotopic (exact) mass is 260 g/mol. The van der Waals surface area contributed by atoms with Crippen molar-refractivity contribution in [2.45, 2.75) is 26.2 Å². The summed E-state index contributed by atoms with van der Waals surface area (Å²) in [6.07, 6.45) is 3.72. The van der Waals surface area contributed by atoms with Crippen LogP contribution in [0.25, 0.3) is 0 Å². The second-order valence-corrected chi connectivity index (χ2v) is 5.67. The molecule has 104 valence electrons. The molecule has 0 amide bonds. The van der Waals surface area contributed by atoms with Gasteiger partial charge in [-0.25, -0.2) is 0 Å². The summed E-state index contributed by atoms with van der Waals surface area (Å²) in [6, 6.07) is 6.35. The van der Waals surface area contributed by atoms with E-state index in [-0.39, 0.29) is 0 Å². The quantitative estimate of drug-likeness (QED) is 0.901. The van der Waals surface area contributed by atoms with Crippen molar-refractivity contribution in [2.24, 2.45) is 5.92 Å². The van der Waals surface area contributed by atoms with Crippen LogP contribution >= 0.6 is 0 Å². The SMILES string of the molecule is CCN1CCCC(COc2cccc3c2CCN3)C1. The van der Waals surface area contributed by atoms with Gasteiger partial charge in [-0.1, -0.05) is 13.0 Å².